The fraction of sp³-hybridized carbons (Fsp3) is 0.571. The minimum atomic E-state index is -0.392. The molecule has 0 fully saturated rings. The SMILES string of the molecule is CC(C)C(=O)OCc1ccc(NC(=O)CCCCNC(=O)C(C)(C)C)cc1. The number of rotatable bonds is 9. The standard InChI is InChI=1S/C21H32N2O4/c1-15(2)19(25)27-14-16-9-11-17(12-10-16)23-18(24)8-6-7-13-22-20(26)21(3,4)5/h9-12,15H,6-8,13-14H2,1-5H3,(H,22,26)(H,23,24). The van der Waals surface area contributed by atoms with Gasteiger partial charge in [-0.3, -0.25) is 14.4 Å². The van der Waals surface area contributed by atoms with Gasteiger partial charge in [0.15, 0.2) is 0 Å². The summed E-state index contributed by atoms with van der Waals surface area (Å²) in [5.74, 6) is -0.418. The largest absolute Gasteiger partial charge is 0.461 e. The Balaban J connectivity index is 2.26. The number of amides is 2. The number of unbranched alkanes of at least 4 members (excludes halogenated alkanes) is 1. The Kier molecular flexibility index (Phi) is 8.98. The molecule has 1 rings (SSSR count). The van der Waals surface area contributed by atoms with Gasteiger partial charge in [-0.25, -0.2) is 0 Å². The third-order valence-corrected chi connectivity index (χ3v) is 3.89. The summed E-state index contributed by atoms with van der Waals surface area (Å²) < 4.78 is 5.17. The normalized spacial score (nSPS) is 11.2. The van der Waals surface area contributed by atoms with Gasteiger partial charge in [-0.15, -0.1) is 0 Å². The van der Waals surface area contributed by atoms with Crippen molar-refractivity contribution in [2.75, 3.05) is 11.9 Å². The predicted molar refractivity (Wildman–Crippen MR) is 106 cm³/mol. The summed E-state index contributed by atoms with van der Waals surface area (Å²) >= 11 is 0. The first-order valence-electron chi connectivity index (χ1n) is 9.43. The van der Waals surface area contributed by atoms with E-state index in [1.54, 1.807) is 26.0 Å². The molecule has 6 heteroatoms. The number of esters is 1. The van der Waals surface area contributed by atoms with E-state index in [0.29, 0.717) is 25.1 Å². The van der Waals surface area contributed by atoms with E-state index in [1.807, 2.05) is 32.9 Å². The van der Waals surface area contributed by atoms with Crippen LogP contribution < -0.4 is 10.6 Å². The third kappa shape index (κ3) is 9.22. The van der Waals surface area contributed by atoms with Crippen LogP contribution in [-0.4, -0.2) is 24.3 Å². The molecule has 0 atom stereocenters. The maximum atomic E-state index is 12.0. The zero-order chi connectivity index (χ0) is 20.4. The summed E-state index contributed by atoms with van der Waals surface area (Å²) in [7, 11) is 0. The van der Waals surface area contributed by atoms with Crippen LogP contribution in [0.3, 0.4) is 0 Å². The molecule has 0 heterocycles. The summed E-state index contributed by atoms with van der Waals surface area (Å²) in [4.78, 5) is 35.2. The van der Waals surface area contributed by atoms with Crippen molar-refractivity contribution in [3.8, 4) is 0 Å². The molecule has 1 aromatic rings. The lowest BCUT2D eigenvalue weighted by Gasteiger charge is -2.17. The van der Waals surface area contributed by atoms with E-state index in [1.165, 1.54) is 0 Å². The molecular formula is C21H32N2O4. The van der Waals surface area contributed by atoms with E-state index in [-0.39, 0.29) is 30.3 Å². The Morgan fingerprint density at radius 1 is 1.04 bits per heavy atom. The third-order valence-electron chi connectivity index (χ3n) is 3.89. The maximum Gasteiger partial charge on any atom is 0.308 e. The highest BCUT2D eigenvalue weighted by Gasteiger charge is 2.20. The first kappa shape index (κ1) is 22.7. The van der Waals surface area contributed by atoms with Crippen LogP contribution >= 0.6 is 0 Å². The molecule has 0 saturated carbocycles. The molecule has 0 radical (unpaired) electrons. The summed E-state index contributed by atoms with van der Waals surface area (Å²) in [6, 6.07) is 7.23. The number of hydrogen-bond donors (Lipinski definition) is 2. The van der Waals surface area contributed by atoms with Crippen molar-refractivity contribution in [2.24, 2.45) is 11.3 Å². The Bertz CT molecular complexity index is 631. The second-order valence-electron chi connectivity index (χ2n) is 7.97. The van der Waals surface area contributed by atoms with Crippen molar-refractivity contribution in [2.45, 2.75) is 60.5 Å². The van der Waals surface area contributed by atoms with Crippen LogP contribution in [0.25, 0.3) is 0 Å². The molecule has 0 saturated heterocycles. The van der Waals surface area contributed by atoms with E-state index in [2.05, 4.69) is 10.6 Å². The summed E-state index contributed by atoms with van der Waals surface area (Å²) in [6.45, 7) is 10.00. The molecule has 1 aromatic carbocycles. The molecule has 0 aliphatic rings. The monoisotopic (exact) mass is 376 g/mol. The molecule has 150 valence electrons. The molecular weight excluding hydrogens is 344 g/mol. The average molecular weight is 376 g/mol. The lowest BCUT2D eigenvalue weighted by atomic mass is 9.96. The van der Waals surface area contributed by atoms with Gasteiger partial charge in [0, 0.05) is 24.1 Å². The van der Waals surface area contributed by atoms with Crippen LogP contribution in [0.2, 0.25) is 0 Å². The highest BCUT2D eigenvalue weighted by atomic mass is 16.5. The molecule has 0 aliphatic heterocycles. The average Bonchev–Trinajstić information content (AvgIpc) is 2.59. The quantitative estimate of drug-likeness (QED) is 0.509. The lowest BCUT2D eigenvalue weighted by molar-refractivity contribution is -0.148. The van der Waals surface area contributed by atoms with Crippen LogP contribution in [0.4, 0.5) is 5.69 Å². The fourth-order valence-electron chi connectivity index (χ4n) is 2.11. The minimum absolute atomic E-state index is 0.0196. The molecule has 0 bridgehead atoms. The van der Waals surface area contributed by atoms with Gasteiger partial charge in [-0.05, 0) is 30.5 Å². The minimum Gasteiger partial charge on any atom is -0.461 e. The molecule has 0 spiro atoms. The lowest BCUT2D eigenvalue weighted by Crippen LogP contribution is -2.35. The van der Waals surface area contributed by atoms with E-state index >= 15 is 0 Å². The number of anilines is 1. The summed E-state index contributed by atoms with van der Waals surface area (Å²) in [5, 5.41) is 5.71. The molecule has 0 aliphatic carbocycles. The predicted octanol–water partition coefficient (Wildman–Crippen LogP) is 3.66. The van der Waals surface area contributed by atoms with E-state index in [0.717, 1.165) is 12.0 Å². The highest BCUT2D eigenvalue weighted by Crippen LogP contribution is 2.13. The van der Waals surface area contributed by atoms with Crippen molar-refractivity contribution in [3.05, 3.63) is 29.8 Å². The van der Waals surface area contributed by atoms with Gasteiger partial charge in [-0.2, -0.15) is 0 Å². The van der Waals surface area contributed by atoms with Crippen molar-refractivity contribution in [1.29, 1.82) is 0 Å². The highest BCUT2D eigenvalue weighted by molar-refractivity contribution is 5.90. The van der Waals surface area contributed by atoms with Crippen molar-refractivity contribution in [1.82, 2.24) is 5.32 Å². The number of ether oxygens (including phenoxy) is 1. The van der Waals surface area contributed by atoms with E-state index in [4.69, 9.17) is 4.74 Å². The van der Waals surface area contributed by atoms with Crippen molar-refractivity contribution < 1.29 is 19.1 Å². The van der Waals surface area contributed by atoms with Gasteiger partial charge in [0.1, 0.15) is 6.61 Å². The Labute approximate surface area is 162 Å². The number of carbonyl (C=O) groups excluding carboxylic acids is 3. The van der Waals surface area contributed by atoms with Gasteiger partial charge < -0.3 is 15.4 Å². The Morgan fingerprint density at radius 3 is 2.22 bits per heavy atom. The van der Waals surface area contributed by atoms with Gasteiger partial charge in [0.05, 0.1) is 5.92 Å². The molecule has 0 aromatic heterocycles. The number of benzene rings is 1. The van der Waals surface area contributed by atoms with Crippen LogP contribution in [0, 0.1) is 11.3 Å². The van der Waals surface area contributed by atoms with Gasteiger partial charge in [0.25, 0.3) is 0 Å². The Hall–Kier alpha value is -2.37. The zero-order valence-corrected chi connectivity index (χ0v) is 17.1. The summed E-state index contributed by atoms with van der Waals surface area (Å²) in [5.41, 5.74) is 1.19. The second kappa shape index (κ2) is 10.7. The van der Waals surface area contributed by atoms with Crippen molar-refractivity contribution in [3.63, 3.8) is 0 Å². The first-order chi connectivity index (χ1) is 12.6. The molecule has 6 nitrogen and oxygen atoms in total. The van der Waals surface area contributed by atoms with Crippen LogP contribution in [0.5, 0.6) is 0 Å². The van der Waals surface area contributed by atoms with Crippen LogP contribution in [0.1, 0.15) is 59.4 Å². The first-order valence-corrected chi connectivity index (χ1v) is 9.43. The smallest absolute Gasteiger partial charge is 0.308 e. The van der Waals surface area contributed by atoms with Gasteiger partial charge in [0.2, 0.25) is 11.8 Å². The topological polar surface area (TPSA) is 84.5 Å². The summed E-state index contributed by atoms with van der Waals surface area (Å²) in [6.07, 6.45) is 1.87. The number of carbonyl (C=O) groups is 3. The van der Waals surface area contributed by atoms with Crippen LogP contribution in [0.15, 0.2) is 24.3 Å². The number of hydrogen-bond acceptors (Lipinski definition) is 4. The van der Waals surface area contributed by atoms with E-state index < -0.39 is 5.41 Å². The molecule has 2 amide bonds. The molecule has 27 heavy (non-hydrogen) atoms. The molecule has 2 N–H and O–H groups in total. The number of nitrogens with one attached hydrogen (secondary N) is 2. The van der Waals surface area contributed by atoms with Gasteiger partial charge in [-0.1, -0.05) is 46.8 Å². The zero-order valence-electron chi connectivity index (χ0n) is 17.1. The second-order valence-corrected chi connectivity index (χ2v) is 7.97. The van der Waals surface area contributed by atoms with Crippen LogP contribution in [-0.2, 0) is 25.7 Å². The van der Waals surface area contributed by atoms with Gasteiger partial charge >= 0.3 is 5.97 Å². The fourth-order valence-corrected chi connectivity index (χ4v) is 2.11. The van der Waals surface area contributed by atoms with Crippen molar-refractivity contribution >= 4 is 23.5 Å². The maximum absolute atomic E-state index is 12.0. The Morgan fingerprint density at radius 2 is 1.67 bits per heavy atom. The van der Waals surface area contributed by atoms with E-state index in [9.17, 15) is 14.4 Å². The molecule has 0 unspecified atom stereocenters.